The third-order valence-electron chi connectivity index (χ3n) is 3.46. The molecule has 0 bridgehead atoms. The van der Waals surface area contributed by atoms with Crippen molar-refractivity contribution in [2.75, 3.05) is 0 Å². The number of hydrogen-bond donors (Lipinski definition) is 0. The van der Waals surface area contributed by atoms with Gasteiger partial charge in [-0.1, -0.05) is 76.2 Å². The molecule has 2 rings (SSSR count). The fourth-order valence-corrected chi connectivity index (χ4v) is 2.49. The Kier molecular flexibility index (Phi) is 3.86. The minimum atomic E-state index is 0.557. The van der Waals surface area contributed by atoms with Crippen molar-refractivity contribution in [1.29, 1.82) is 0 Å². The molecule has 2 aromatic rings. The van der Waals surface area contributed by atoms with Crippen LogP contribution < -0.4 is 0 Å². The Morgan fingerprint density at radius 3 is 1.22 bits per heavy atom. The van der Waals surface area contributed by atoms with Crippen molar-refractivity contribution >= 4 is 0 Å². The van der Waals surface area contributed by atoms with Gasteiger partial charge in [-0.3, -0.25) is 0 Å². The molecule has 0 aliphatic rings. The first-order valence-corrected chi connectivity index (χ1v) is 6.79. The van der Waals surface area contributed by atoms with E-state index >= 15 is 0 Å². The second-order valence-electron chi connectivity index (χ2n) is 5.48. The Labute approximate surface area is 111 Å². The molecular weight excluding hydrogens is 216 g/mol. The minimum absolute atomic E-state index is 0.557. The first-order chi connectivity index (χ1) is 8.61. The van der Waals surface area contributed by atoms with Crippen LogP contribution in [0.1, 0.15) is 50.7 Å². The lowest BCUT2D eigenvalue weighted by atomic mass is 9.87. The van der Waals surface area contributed by atoms with E-state index in [2.05, 4.69) is 76.2 Å². The van der Waals surface area contributed by atoms with Crippen LogP contribution >= 0.6 is 0 Å². The molecule has 2 aromatic carbocycles. The third kappa shape index (κ3) is 2.48. The van der Waals surface area contributed by atoms with Crippen molar-refractivity contribution in [3.8, 4) is 11.1 Å². The SMILES string of the molecule is CC(C)c1ccccc1-c1ccccc1C(C)C. The largest absolute Gasteiger partial charge is 0.0619 e. The summed E-state index contributed by atoms with van der Waals surface area (Å²) in [7, 11) is 0. The molecule has 0 heteroatoms. The summed E-state index contributed by atoms with van der Waals surface area (Å²) < 4.78 is 0. The Morgan fingerprint density at radius 2 is 0.889 bits per heavy atom. The average Bonchev–Trinajstić information content (AvgIpc) is 2.38. The smallest absolute Gasteiger partial charge is 0.0146 e. The van der Waals surface area contributed by atoms with Crippen molar-refractivity contribution < 1.29 is 0 Å². The average molecular weight is 238 g/mol. The lowest BCUT2D eigenvalue weighted by molar-refractivity contribution is 0.857. The zero-order valence-electron chi connectivity index (χ0n) is 11.8. The molecule has 0 saturated heterocycles. The van der Waals surface area contributed by atoms with Crippen LogP contribution in [-0.2, 0) is 0 Å². The van der Waals surface area contributed by atoms with E-state index < -0.39 is 0 Å². The number of hydrogen-bond acceptors (Lipinski definition) is 0. The number of rotatable bonds is 3. The highest BCUT2D eigenvalue weighted by atomic mass is 14.2. The summed E-state index contributed by atoms with van der Waals surface area (Å²) in [6, 6.07) is 17.5. The molecule has 0 nitrogen and oxygen atoms in total. The summed E-state index contributed by atoms with van der Waals surface area (Å²) in [5, 5.41) is 0. The molecule has 94 valence electrons. The summed E-state index contributed by atoms with van der Waals surface area (Å²) in [6.45, 7) is 9.04. The molecule has 0 unspecified atom stereocenters. The van der Waals surface area contributed by atoms with Gasteiger partial charge in [-0.05, 0) is 34.1 Å². The van der Waals surface area contributed by atoms with Crippen LogP contribution in [0, 0.1) is 0 Å². The standard InChI is InChI=1S/C18H22/c1-13(2)15-9-5-7-11-17(15)18-12-8-6-10-16(18)14(3)4/h5-14H,1-4H3. The lowest BCUT2D eigenvalue weighted by Crippen LogP contribution is -1.96. The predicted molar refractivity (Wildman–Crippen MR) is 80.1 cm³/mol. The van der Waals surface area contributed by atoms with Crippen molar-refractivity contribution in [3.63, 3.8) is 0 Å². The van der Waals surface area contributed by atoms with Crippen molar-refractivity contribution in [1.82, 2.24) is 0 Å². The van der Waals surface area contributed by atoms with Crippen LogP contribution in [0.5, 0.6) is 0 Å². The molecule has 0 aliphatic carbocycles. The van der Waals surface area contributed by atoms with Crippen LogP contribution in [0.3, 0.4) is 0 Å². The molecule has 0 N–H and O–H groups in total. The summed E-state index contributed by atoms with van der Waals surface area (Å²) in [5.41, 5.74) is 5.64. The first-order valence-electron chi connectivity index (χ1n) is 6.79. The van der Waals surface area contributed by atoms with Gasteiger partial charge >= 0.3 is 0 Å². The van der Waals surface area contributed by atoms with Gasteiger partial charge in [0.25, 0.3) is 0 Å². The van der Waals surface area contributed by atoms with Gasteiger partial charge in [0.2, 0.25) is 0 Å². The van der Waals surface area contributed by atoms with Gasteiger partial charge in [0, 0.05) is 0 Å². The summed E-state index contributed by atoms with van der Waals surface area (Å²) in [5.74, 6) is 1.11. The van der Waals surface area contributed by atoms with Crippen LogP contribution in [0.2, 0.25) is 0 Å². The molecule has 0 aromatic heterocycles. The minimum Gasteiger partial charge on any atom is -0.0619 e. The van der Waals surface area contributed by atoms with Crippen LogP contribution in [0.4, 0.5) is 0 Å². The van der Waals surface area contributed by atoms with Crippen LogP contribution in [0.15, 0.2) is 48.5 Å². The first kappa shape index (κ1) is 12.9. The Balaban J connectivity index is 2.62. The maximum atomic E-state index is 2.26. The molecule has 0 heterocycles. The van der Waals surface area contributed by atoms with E-state index in [1.807, 2.05) is 0 Å². The molecule has 0 amide bonds. The fraction of sp³-hybridized carbons (Fsp3) is 0.333. The van der Waals surface area contributed by atoms with E-state index in [9.17, 15) is 0 Å². The van der Waals surface area contributed by atoms with Gasteiger partial charge in [-0.2, -0.15) is 0 Å². The van der Waals surface area contributed by atoms with Gasteiger partial charge in [0.15, 0.2) is 0 Å². The third-order valence-corrected chi connectivity index (χ3v) is 3.46. The van der Waals surface area contributed by atoms with Gasteiger partial charge in [-0.15, -0.1) is 0 Å². The highest BCUT2D eigenvalue weighted by Crippen LogP contribution is 2.34. The van der Waals surface area contributed by atoms with E-state index in [0.29, 0.717) is 11.8 Å². The highest BCUT2D eigenvalue weighted by molar-refractivity contribution is 5.71. The van der Waals surface area contributed by atoms with Crippen LogP contribution in [0.25, 0.3) is 11.1 Å². The normalized spacial score (nSPS) is 11.2. The predicted octanol–water partition coefficient (Wildman–Crippen LogP) is 5.60. The van der Waals surface area contributed by atoms with Gasteiger partial charge in [-0.25, -0.2) is 0 Å². The van der Waals surface area contributed by atoms with E-state index in [4.69, 9.17) is 0 Å². The van der Waals surface area contributed by atoms with E-state index in [1.54, 1.807) is 0 Å². The molecule has 0 saturated carbocycles. The van der Waals surface area contributed by atoms with E-state index in [1.165, 1.54) is 22.3 Å². The van der Waals surface area contributed by atoms with Crippen molar-refractivity contribution in [2.45, 2.75) is 39.5 Å². The van der Waals surface area contributed by atoms with Crippen LogP contribution in [-0.4, -0.2) is 0 Å². The summed E-state index contributed by atoms with van der Waals surface area (Å²) >= 11 is 0. The summed E-state index contributed by atoms with van der Waals surface area (Å²) in [6.07, 6.45) is 0. The topological polar surface area (TPSA) is 0 Å². The maximum absolute atomic E-state index is 2.26. The molecule has 0 fully saturated rings. The Morgan fingerprint density at radius 1 is 0.556 bits per heavy atom. The Bertz CT molecular complexity index is 472. The number of benzene rings is 2. The molecule has 0 radical (unpaired) electrons. The molecule has 0 atom stereocenters. The Hall–Kier alpha value is -1.56. The second-order valence-corrected chi connectivity index (χ2v) is 5.48. The summed E-state index contributed by atoms with van der Waals surface area (Å²) in [4.78, 5) is 0. The lowest BCUT2D eigenvalue weighted by Gasteiger charge is -2.17. The van der Waals surface area contributed by atoms with Gasteiger partial charge < -0.3 is 0 Å². The molecule has 0 spiro atoms. The molecule has 0 aliphatic heterocycles. The molecule has 18 heavy (non-hydrogen) atoms. The van der Waals surface area contributed by atoms with Crippen molar-refractivity contribution in [2.24, 2.45) is 0 Å². The maximum Gasteiger partial charge on any atom is -0.0146 e. The monoisotopic (exact) mass is 238 g/mol. The highest BCUT2D eigenvalue weighted by Gasteiger charge is 2.12. The second kappa shape index (κ2) is 5.39. The zero-order valence-corrected chi connectivity index (χ0v) is 11.8. The van der Waals surface area contributed by atoms with Gasteiger partial charge in [0.05, 0.1) is 0 Å². The van der Waals surface area contributed by atoms with Gasteiger partial charge in [0.1, 0.15) is 0 Å². The van der Waals surface area contributed by atoms with E-state index in [-0.39, 0.29) is 0 Å². The van der Waals surface area contributed by atoms with Crippen molar-refractivity contribution in [3.05, 3.63) is 59.7 Å². The zero-order chi connectivity index (χ0) is 13.1. The quantitative estimate of drug-likeness (QED) is 0.653. The fourth-order valence-electron chi connectivity index (χ4n) is 2.49. The van der Waals surface area contributed by atoms with E-state index in [0.717, 1.165) is 0 Å². The molecular formula is C18H22.